The normalized spacial score (nSPS) is 13.6. The van der Waals surface area contributed by atoms with E-state index in [1.165, 1.54) is 6.92 Å². The Balaban J connectivity index is 3.02. The molecule has 2 N–H and O–H groups in total. The summed E-state index contributed by atoms with van der Waals surface area (Å²) >= 11 is 0. The van der Waals surface area contributed by atoms with Crippen LogP contribution in [0.2, 0.25) is 0 Å². The Morgan fingerprint density at radius 1 is 1.55 bits per heavy atom. The minimum atomic E-state index is -1.51. The van der Waals surface area contributed by atoms with E-state index in [0.717, 1.165) is 17.3 Å². The lowest BCUT2D eigenvalue weighted by molar-refractivity contribution is -0.385. The fourth-order valence-electron chi connectivity index (χ4n) is 1.45. The second kappa shape index (κ2) is 6.13. The number of carboxylic acids is 1. The lowest BCUT2D eigenvalue weighted by Gasteiger charge is -2.16. The third-order valence-electron chi connectivity index (χ3n) is 2.89. The molecule has 0 saturated carbocycles. The summed E-state index contributed by atoms with van der Waals surface area (Å²) in [7, 11) is 0. The van der Waals surface area contributed by atoms with E-state index in [9.17, 15) is 19.7 Å². The average molecular weight is 284 g/mol. The minimum Gasteiger partial charge on any atom is -0.476 e. The highest BCUT2D eigenvalue weighted by Crippen LogP contribution is 2.19. The van der Waals surface area contributed by atoms with Gasteiger partial charge in [0.25, 0.3) is 0 Å². The molecule has 0 aromatic carbocycles. The van der Waals surface area contributed by atoms with Gasteiger partial charge in [-0.15, -0.1) is 0 Å². The zero-order valence-corrected chi connectivity index (χ0v) is 11.4. The monoisotopic (exact) mass is 284 g/mol. The summed E-state index contributed by atoms with van der Waals surface area (Å²) in [4.78, 5) is 32.7. The zero-order valence-electron chi connectivity index (χ0n) is 11.4. The van der Waals surface area contributed by atoms with Crippen molar-refractivity contribution < 1.29 is 19.6 Å². The molecule has 0 aliphatic rings. The number of nitrogens with zero attached hydrogens (tertiary/aromatic N) is 3. The van der Waals surface area contributed by atoms with Gasteiger partial charge in [-0.2, -0.15) is 5.10 Å². The van der Waals surface area contributed by atoms with Crippen LogP contribution in [0.1, 0.15) is 43.7 Å². The van der Waals surface area contributed by atoms with Crippen molar-refractivity contribution in [1.82, 2.24) is 15.1 Å². The Kier molecular flexibility index (Phi) is 4.78. The van der Waals surface area contributed by atoms with Gasteiger partial charge in [-0.1, -0.05) is 6.92 Å². The second-order valence-corrected chi connectivity index (χ2v) is 4.40. The molecule has 0 fully saturated rings. The number of hydrogen-bond acceptors (Lipinski definition) is 5. The van der Waals surface area contributed by atoms with E-state index in [0.29, 0.717) is 0 Å². The molecule has 0 aliphatic carbocycles. The smallest absolute Gasteiger partial charge is 0.363 e. The van der Waals surface area contributed by atoms with Crippen LogP contribution in [-0.4, -0.2) is 37.7 Å². The molecule has 0 radical (unpaired) electrons. The zero-order chi connectivity index (χ0) is 15.4. The van der Waals surface area contributed by atoms with Gasteiger partial charge in [-0.25, -0.2) is 4.79 Å². The fraction of sp³-hybridized carbons (Fsp3) is 0.545. The van der Waals surface area contributed by atoms with Gasteiger partial charge < -0.3 is 10.4 Å². The minimum absolute atomic E-state index is 0.0468. The van der Waals surface area contributed by atoms with Crippen LogP contribution in [0.25, 0.3) is 0 Å². The molecule has 1 aromatic rings. The molecule has 2 atom stereocenters. The highest BCUT2D eigenvalue weighted by molar-refractivity contribution is 5.90. The summed E-state index contributed by atoms with van der Waals surface area (Å²) in [6.45, 7) is 5.20. The maximum absolute atomic E-state index is 11.9. The standard InChI is InChI=1S/C11H16N4O5/c1-4-6(2)12-10(16)7(3)14-5-8(15(19)20)9(13-14)11(17)18/h5-7H,4H2,1-3H3,(H,12,16)(H,17,18). The molecule has 1 heterocycles. The first-order valence-electron chi connectivity index (χ1n) is 6.05. The molecular weight excluding hydrogens is 268 g/mol. The van der Waals surface area contributed by atoms with E-state index in [4.69, 9.17) is 5.11 Å². The number of carboxylic acid groups (broad SMARTS) is 1. The number of carbonyl (C=O) groups is 2. The summed E-state index contributed by atoms with van der Waals surface area (Å²) in [6.07, 6.45) is 1.68. The Morgan fingerprint density at radius 2 is 2.15 bits per heavy atom. The van der Waals surface area contributed by atoms with Crippen molar-refractivity contribution in [2.75, 3.05) is 0 Å². The van der Waals surface area contributed by atoms with Gasteiger partial charge in [0.15, 0.2) is 0 Å². The van der Waals surface area contributed by atoms with E-state index in [2.05, 4.69) is 10.4 Å². The molecule has 1 amide bonds. The first-order chi connectivity index (χ1) is 9.27. The first kappa shape index (κ1) is 15.6. The van der Waals surface area contributed by atoms with Crippen molar-refractivity contribution in [1.29, 1.82) is 0 Å². The summed E-state index contributed by atoms with van der Waals surface area (Å²) in [6, 6.07) is -0.884. The maximum Gasteiger partial charge on any atom is 0.363 e. The Bertz CT molecular complexity index is 507. The van der Waals surface area contributed by atoms with Gasteiger partial charge in [0.1, 0.15) is 12.2 Å². The van der Waals surface area contributed by atoms with Gasteiger partial charge in [0.05, 0.1) is 4.92 Å². The number of nitro groups is 1. The van der Waals surface area contributed by atoms with Crippen molar-refractivity contribution in [3.8, 4) is 0 Å². The number of aromatic nitrogens is 2. The molecule has 1 aromatic heterocycles. The SMILES string of the molecule is CCC(C)NC(=O)C(C)n1cc([N+](=O)[O-])c(C(=O)O)n1. The molecule has 0 saturated heterocycles. The molecule has 9 heteroatoms. The number of aromatic carboxylic acids is 1. The predicted molar refractivity (Wildman–Crippen MR) is 68.4 cm³/mol. The van der Waals surface area contributed by atoms with Gasteiger partial charge in [-0.05, 0) is 20.3 Å². The summed E-state index contributed by atoms with van der Waals surface area (Å²) in [5, 5.41) is 25.9. The molecule has 1 rings (SSSR count). The summed E-state index contributed by atoms with van der Waals surface area (Å²) < 4.78 is 0.985. The molecule has 2 unspecified atom stereocenters. The number of carbonyl (C=O) groups excluding carboxylic acids is 1. The molecule has 0 bridgehead atoms. The maximum atomic E-state index is 11.9. The fourth-order valence-corrected chi connectivity index (χ4v) is 1.45. The molecule has 20 heavy (non-hydrogen) atoms. The summed E-state index contributed by atoms with van der Waals surface area (Å²) in [5.74, 6) is -1.89. The third-order valence-corrected chi connectivity index (χ3v) is 2.89. The highest BCUT2D eigenvalue weighted by atomic mass is 16.6. The van der Waals surface area contributed by atoms with Crippen LogP contribution < -0.4 is 5.32 Å². The topological polar surface area (TPSA) is 127 Å². The number of amides is 1. The Hall–Kier alpha value is -2.45. The predicted octanol–water partition coefficient (Wildman–Crippen LogP) is 0.965. The number of nitrogens with one attached hydrogen (secondary N) is 1. The van der Waals surface area contributed by atoms with Crippen molar-refractivity contribution in [2.24, 2.45) is 0 Å². The van der Waals surface area contributed by atoms with Crippen molar-refractivity contribution in [2.45, 2.75) is 39.3 Å². The van der Waals surface area contributed by atoms with Crippen LogP contribution in [-0.2, 0) is 4.79 Å². The van der Waals surface area contributed by atoms with Gasteiger partial charge >= 0.3 is 11.7 Å². The number of hydrogen-bond donors (Lipinski definition) is 2. The van der Waals surface area contributed by atoms with Gasteiger partial charge in [0.2, 0.25) is 11.6 Å². The highest BCUT2D eigenvalue weighted by Gasteiger charge is 2.28. The lowest BCUT2D eigenvalue weighted by atomic mass is 10.2. The van der Waals surface area contributed by atoms with Crippen LogP contribution >= 0.6 is 0 Å². The van der Waals surface area contributed by atoms with E-state index in [1.807, 2.05) is 13.8 Å². The average Bonchev–Trinajstić information content (AvgIpc) is 2.82. The quantitative estimate of drug-likeness (QED) is 0.591. The molecule has 0 aliphatic heterocycles. The van der Waals surface area contributed by atoms with Crippen LogP contribution in [0.3, 0.4) is 0 Å². The van der Waals surface area contributed by atoms with Crippen LogP contribution in [0, 0.1) is 10.1 Å². The van der Waals surface area contributed by atoms with Crippen molar-refractivity contribution >= 4 is 17.6 Å². The van der Waals surface area contributed by atoms with Crippen molar-refractivity contribution in [3.05, 3.63) is 22.0 Å². The molecule has 9 nitrogen and oxygen atoms in total. The molecule has 110 valence electrons. The largest absolute Gasteiger partial charge is 0.476 e. The molecule has 0 spiro atoms. The van der Waals surface area contributed by atoms with E-state index < -0.39 is 28.3 Å². The van der Waals surface area contributed by atoms with Crippen LogP contribution in [0.15, 0.2) is 6.20 Å². The Morgan fingerprint density at radius 3 is 2.55 bits per heavy atom. The lowest BCUT2D eigenvalue weighted by Crippen LogP contribution is -2.37. The van der Waals surface area contributed by atoms with Crippen molar-refractivity contribution in [3.63, 3.8) is 0 Å². The third kappa shape index (κ3) is 3.31. The summed E-state index contributed by atoms with van der Waals surface area (Å²) in [5.41, 5.74) is -1.32. The van der Waals surface area contributed by atoms with Crippen LogP contribution in [0.5, 0.6) is 0 Å². The van der Waals surface area contributed by atoms with E-state index >= 15 is 0 Å². The Labute approximate surface area is 114 Å². The van der Waals surface area contributed by atoms with Gasteiger partial charge in [-0.3, -0.25) is 19.6 Å². The van der Waals surface area contributed by atoms with E-state index in [-0.39, 0.29) is 11.9 Å². The first-order valence-corrected chi connectivity index (χ1v) is 6.05. The van der Waals surface area contributed by atoms with E-state index in [1.54, 1.807) is 0 Å². The second-order valence-electron chi connectivity index (χ2n) is 4.40. The molecular formula is C11H16N4O5. The van der Waals surface area contributed by atoms with Gasteiger partial charge in [0, 0.05) is 6.04 Å². The van der Waals surface area contributed by atoms with Crippen LogP contribution in [0.4, 0.5) is 5.69 Å². The number of rotatable bonds is 6.